The highest BCUT2D eigenvalue weighted by molar-refractivity contribution is 14.0. The minimum Gasteiger partial charge on any atom is -0.379 e. The van der Waals surface area contributed by atoms with Gasteiger partial charge in [0, 0.05) is 44.8 Å². The van der Waals surface area contributed by atoms with Gasteiger partial charge in [-0.05, 0) is 44.4 Å². The number of aromatic nitrogens is 1. The molecule has 2 heterocycles. The predicted octanol–water partition coefficient (Wildman–Crippen LogP) is 3.41. The summed E-state index contributed by atoms with van der Waals surface area (Å²) in [4.78, 5) is 9.24. The van der Waals surface area contributed by atoms with E-state index in [-0.39, 0.29) is 24.0 Å². The Morgan fingerprint density at radius 1 is 1.20 bits per heavy atom. The number of anilines is 1. The summed E-state index contributed by atoms with van der Waals surface area (Å²) in [5.74, 6) is 1.72. The van der Waals surface area contributed by atoms with Crippen LogP contribution in [0.25, 0.3) is 10.9 Å². The number of guanidine groups is 1. The molecule has 1 aliphatic heterocycles. The molecule has 1 saturated heterocycles. The first-order chi connectivity index (χ1) is 14.3. The quantitative estimate of drug-likeness (QED) is 0.180. The maximum atomic E-state index is 5.69. The minimum absolute atomic E-state index is 0. The number of benzene rings is 1. The van der Waals surface area contributed by atoms with Crippen LogP contribution in [-0.2, 0) is 9.47 Å². The summed E-state index contributed by atoms with van der Waals surface area (Å²) in [6, 6.07) is 12.2. The minimum atomic E-state index is 0. The number of nitrogens with one attached hydrogen (secondary N) is 3. The van der Waals surface area contributed by atoms with Gasteiger partial charge < -0.3 is 25.4 Å². The van der Waals surface area contributed by atoms with E-state index in [9.17, 15) is 0 Å². The van der Waals surface area contributed by atoms with Crippen LogP contribution in [-0.4, -0.2) is 63.0 Å². The normalized spacial score (nSPS) is 16.3. The molecule has 1 aliphatic rings. The third kappa shape index (κ3) is 8.61. The maximum absolute atomic E-state index is 5.69. The number of halogens is 1. The van der Waals surface area contributed by atoms with Gasteiger partial charge in [0.1, 0.15) is 5.82 Å². The van der Waals surface area contributed by atoms with E-state index >= 15 is 0 Å². The largest absolute Gasteiger partial charge is 0.379 e. The van der Waals surface area contributed by atoms with Gasteiger partial charge in [-0.15, -0.1) is 24.0 Å². The molecule has 30 heavy (non-hydrogen) atoms. The molecule has 0 spiro atoms. The second-order valence-corrected chi connectivity index (χ2v) is 7.07. The molecule has 1 fully saturated rings. The Morgan fingerprint density at radius 3 is 2.93 bits per heavy atom. The average Bonchev–Trinajstić information content (AvgIpc) is 3.27. The zero-order valence-corrected chi connectivity index (χ0v) is 20.1. The van der Waals surface area contributed by atoms with Crippen molar-refractivity contribution in [1.29, 1.82) is 0 Å². The van der Waals surface area contributed by atoms with Crippen LogP contribution < -0.4 is 16.0 Å². The number of nitrogens with zero attached hydrogens (tertiary/aromatic N) is 2. The summed E-state index contributed by atoms with van der Waals surface area (Å²) >= 11 is 0. The van der Waals surface area contributed by atoms with Gasteiger partial charge in [-0.2, -0.15) is 0 Å². The fourth-order valence-electron chi connectivity index (χ4n) is 3.23. The second kappa shape index (κ2) is 14.4. The van der Waals surface area contributed by atoms with Crippen molar-refractivity contribution in [1.82, 2.24) is 15.6 Å². The SMILES string of the molecule is CCNC(=NCCCOCC1CCCO1)NCCNc1ccc2ccccc2n1.I. The number of hydrogen-bond acceptors (Lipinski definition) is 5. The first-order valence-corrected chi connectivity index (χ1v) is 10.7. The number of aliphatic imine (C=N–C) groups is 1. The lowest BCUT2D eigenvalue weighted by Crippen LogP contribution is -2.39. The molecule has 3 N–H and O–H groups in total. The Bertz CT molecular complexity index is 768. The van der Waals surface area contributed by atoms with Crippen molar-refractivity contribution in [2.45, 2.75) is 32.3 Å². The zero-order valence-electron chi connectivity index (χ0n) is 17.7. The molecule has 7 nitrogen and oxygen atoms in total. The van der Waals surface area contributed by atoms with Crippen LogP contribution in [0.1, 0.15) is 26.2 Å². The number of para-hydroxylation sites is 1. The van der Waals surface area contributed by atoms with E-state index in [0.29, 0.717) is 12.7 Å². The molecule has 1 atom stereocenters. The Hall–Kier alpha value is -1.65. The molecule has 0 radical (unpaired) electrons. The summed E-state index contributed by atoms with van der Waals surface area (Å²) in [7, 11) is 0. The van der Waals surface area contributed by atoms with Crippen molar-refractivity contribution in [3.8, 4) is 0 Å². The fourth-order valence-corrected chi connectivity index (χ4v) is 3.23. The third-order valence-corrected chi connectivity index (χ3v) is 4.71. The first-order valence-electron chi connectivity index (χ1n) is 10.7. The number of ether oxygens (including phenoxy) is 2. The van der Waals surface area contributed by atoms with Crippen LogP contribution in [0.5, 0.6) is 0 Å². The lowest BCUT2D eigenvalue weighted by molar-refractivity contribution is 0.0171. The molecule has 1 unspecified atom stereocenters. The average molecular weight is 527 g/mol. The van der Waals surface area contributed by atoms with E-state index in [1.165, 1.54) is 0 Å². The summed E-state index contributed by atoms with van der Waals surface area (Å²) in [6.45, 7) is 7.47. The molecular formula is C22H34IN5O2. The smallest absolute Gasteiger partial charge is 0.191 e. The van der Waals surface area contributed by atoms with Gasteiger partial charge in [0.25, 0.3) is 0 Å². The molecule has 1 aromatic carbocycles. The Morgan fingerprint density at radius 2 is 2.10 bits per heavy atom. The van der Waals surface area contributed by atoms with Crippen LogP contribution in [0.3, 0.4) is 0 Å². The molecule has 8 heteroatoms. The monoisotopic (exact) mass is 527 g/mol. The van der Waals surface area contributed by atoms with E-state index in [2.05, 4.69) is 45.0 Å². The van der Waals surface area contributed by atoms with E-state index in [1.54, 1.807) is 0 Å². The third-order valence-electron chi connectivity index (χ3n) is 4.71. The van der Waals surface area contributed by atoms with Gasteiger partial charge >= 0.3 is 0 Å². The second-order valence-electron chi connectivity index (χ2n) is 7.07. The van der Waals surface area contributed by atoms with Crippen molar-refractivity contribution in [3.05, 3.63) is 36.4 Å². The number of fused-ring (bicyclic) bond motifs is 1. The Kier molecular flexibility index (Phi) is 11.8. The molecule has 3 rings (SSSR count). The molecule has 0 saturated carbocycles. The standard InChI is InChI=1S/C22H33N5O2.HI/c1-2-23-22(25-12-6-15-28-17-19-8-5-16-29-19)26-14-13-24-21-11-10-18-7-3-4-9-20(18)27-21;/h3-4,7,9-11,19H,2,5-6,8,12-17H2,1H3,(H,24,27)(H2,23,25,26);1H. The number of pyridine rings is 1. The molecule has 0 amide bonds. The summed E-state index contributed by atoms with van der Waals surface area (Å²) in [5, 5.41) is 11.1. The molecular weight excluding hydrogens is 493 g/mol. The van der Waals surface area contributed by atoms with Crippen molar-refractivity contribution in [2.75, 3.05) is 51.3 Å². The van der Waals surface area contributed by atoms with E-state index in [1.807, 2.05) is 24.3 Å². The van der Waals surface area contributed by atoms with Gasteiger partial charge in [0.15, 0.2) is 5.96 Å². The van der Waals surface area contributed by atoms with E-state index in [4.69, 9.17) is 9.47 Å². The van der Waals surface area contributed by atoms with Gasteiger partial charge in [-0.1, -0.05) is 18.2 Å². The lowest BCUT2D eigenvalue weighted by atomic mass is 10.2. The van der Waals surface area contributed by atoms with Crippen LogP contribution in [0.15, 0.2) is 41.4 Å². The fraction of sp³-hybridized carbons (Fsp3) is 0.545. The first kappa shape index (κ1) is 24.6. The highest BCUT2D eigenvalue weighted by Crippen LogP contribution is 2.14. The molecule has 0 bridgehead atoms. The summed E-state index contributed by atoms with van der Waals surface area (Å²) < 4.78 is 11.2. The molecule has 2 aromatic rings. The maximum Gasteiger partial charge on any atom is 0.191 e. The van der Waals surface area contributed by atoms with Crippen molar-refractivity contribution >= 4 is 46.7 Å². The molecule has 1 aromatic heterocycles. The van der Waals surface area contributed by atoms with Crippen LogP contribution >= 0.6 is 24.0 Å². The molecule has 166 valence electrons. The highest BCUT2D eigenvalue weighted by Gasteiger charge is 2.14. The van der Waals surface area contributed by atoms with Crippen LogP contribution in [0, 0.1) is 0 Å². The van der Waals surface area contributed by atoms with E-state index < -0.39 is 0 Å². The highest BCUT2D eigenvalue weighted by atomic mass is 127. The van der Waals surface area contributed by atoms with Crippen molar-refractivity contribution in [3.63, 3.8) is 0 Å². The zero-order chi connectivity index (χ0) is 20.2. The number of rotatable bonds is 11. The van der Waals surface area contributed by atoms with Crippen molar-refractivity contribution < 1.29 is 9.47 Å². The van der Waals surface area contributed by atoms with Crippen molar-refractivity contribution in [2.24, 2.45) is 4.99 Å². The lowest BCUT2D eigenvalue weighted by Gasteiger charge is -2.12. The Balaban J connectivity index is 0.00000320. The van der Waals surface area contributed by atoms with Gasteiger partial charge in [0.2, 0.25) is 0 Å². The van der Waals surface area contributed by atoms with Gasteiger partial charge in [0.05, 0.1) is 18.2 Å². The van der Waals surface area contributed by atoms with Crippen LogP contribution in [0.2, 0.25) is 0 Å². The van der Waals surface area contributed by atoms with Gasteiger partial charge in [-0.3, -0.25) is 4.99 Å². The van der Waals surface area contributed by atoms with Gasteiger partial charge in [-0.25, -0.2) is 4.98 Å². The topological polar surface area (TPSA) is 79.8 Å². The summed E-state index contributed by atoms with van der Waals surface area (Å²) in [6.07, 6.45) is 3.47. The molecule has 0 aliphatic carbocycles. The number of hydrogen-bond donors (Lipinski definition) is 3. The van der Waals surface area contributed by atoms with E-state index in [0.717, 1.165) is 81.3 Å². The Labute approximate surface area is 196 Å². The van der Waals surface area contributed by atoms with Crippen LogP contribution in [0.4, 0.5) is 5.82 Å². The predicted molar refractivity (Wildman–Crippen MR) is 134 cm³/mol. The summed E-state index contributed by atoms with van der Waals surface area (Å²) in [5.41, 5.74) is 1.00.